The minimum Gasteiger partial charge on any atom is -0.330 e. The molecule has 0 radical (unpaired) electrons. The Morgan fingerprint density at radius 3 is 2.33 bits per heavy atom. The molecule has 3 aromatic rings. The van der Waals surface area contributed by atoms with Gasteiger partial charge in [0, 0.05) is 0 Å². The average molecular weight is 345 g/mol. The van der Waals surface area contributed by atoms with Crippen molar-refractivity contribution in [1.29, 1.82) is 0 Å². The maximum Gasteiger partial charge on any atom is 0.182 e. The number of nitrogens with zero attached hydrogens (tertiary/aromatic N) is 1. The van der Waals surface area contributed by atoms with Crippen LogP contribution in [0.1, 0.15) is 5.56 Å². The van der Waals surface area contributed by atoms with E-state index in [1.165, 1.54) is 18.2 Å². The summed E-state index contributed by atoms with van der Waals surface area (Å²) < 4.78 is 29.1. The van der Waals surface area contributed by atoms with Gasteiger partial charge < -0.3 is 4.98 Å². The number of benzene rings is 2. The molecule has 0 amide bonds. The second-order valence-corrected chi connectivity index (χ2v) is 5.81. The Morgan fingerprint density at radius 1 is 1.10 bits per heavy atom. The van der Waals surface area contributed by atoms with E-state index in [2.05, 4.69) is 4.98 Å². The fourth-order valence-electron chi connectivity index (χ4n) is 2.16. The summed E-state index contributed by atoms with van der Waals surface area (Å²) in [5.41, 5.74) is 2.19. The van der Waals surface area contributed by atoms with Crippen LogP contribution in [0, 0.1) is 23.3 Å². The van der Waals surface area contributed by atoms with Gasteiger partial charge in [-0.2, -0.15) is 0 Å². The Bertz CT molecular complexity index is 908. The number of H-pyrrole nitrogens is 1. The van der Waals surface area contributed by atoms with Crippen LogP contribution < -0.4 is 0 Å². The lowest BCUT2D eigenvalue weighted by Gasteiger charge is -2.08. The maximum absolute atomic E-state index is 13.6. The molecule has 2 aromatic carbocycles. The highest BCUT2D eigenvalue weighted by Gasteiger charge is 2.13. The zero-order valence-corrected chi connectivity index (χ0v) is 13.0. The summed E-state index contributed by atoms with van der Waals surface area (Å²) in [5, 5.41) is -0.208. The van der Waals surface area contributed by atoms with E-state index in [9.17, 15) is 8.78 Å². The van der Waals surface area contributed by atoms with Gasteiger partial charge in [-0.15, -0.1) is 0 Å². The summed E-state index contributed by atoms with van der Waals surface area (Å²) in [6, 6.07) is 5.86. The van der Waals surface area contributed by atoms with Gasteiger partial charge in [-0.3, -0.25) is 4.57 Å². The molecule has 0 bridgehead atoms. The van der Waals surface area contributed by atoms with Crippen LogP contribution in [0.2, 0.25) is 10.0 Å². The second-order valence-electron chi connectivity index (χ2n) is 4.61. The molecular weight excluding hydrogens is 337 g/mol. The molecule has 0 aliphatic carbocycles. The van der Waals surface area contributed by atoms with E-state index in [4.69, 9.17) is 35.4 Å². The number of aromatic nitrogens is 2. The molecule has 0 saturated heterocycles. The lowest BCUT2D eigenvalue weighted by atomic mass is 10.2. The minimum atomic E-state index is -0.685. The van der Waals surface area contributed by atoms with Crippen LogP contribution in [0.4, 0.5) is 8.78 Å². The number of hydrogen-bond acceptors (Lipinski definition) is 1. The van der Waals surface area contributed by atoms with E-state index < -0.39 is 5.82 Å². The normalized spacial score (nSPS) is 11.3. The molecule has 3 rings (SSSR count). The maximum atomic E-state index is 13.6. The van der Waals surface area contributed by atoms with Gasteiger partial charge in [0.2, 0.25) is 0 Å². The first-order valence-corrected chi connectivity index (χ1v) is 7.10. The van der Waals surface area contributed by atoms with E-state index in [1.54, 1.807) is 17.6 Å². The third-order valence-corrected chi connectivity index (χ3v) is 4.02. The van der Waals surface area contributed by atoms with E-state index in [1.807, 2.05) is 0 Å². The van der Waals surface area contributed by atoms with Gasteiger partial charge in [-0.25, -0.2) is 8.78 Å². The van der Waals surface area contributed by atoms with Crippen LogP contribution in [0.3, 0.4) is 0 Å². The molecule has 0 saturated carbocycles. The van der Waals surface area contributed by atoms with Crippen molar-refractivity contribution in [3.8, 4) is 5.69 Å². The summed E-state index contributed by atoms with van der Waals surface area (Å²) in [5.74, 6) is -1.02. The van der Waals surface area contributed by atoms with E-state index in [0.717, 1.165) is 0 Å². The molecular formula is C14H8Cl2F2N2S. The topological polar surface area (TPSA) is 20.7 Å². The van der Waals surface area contributed by atoms with Gasteiger partial charge in [0.25, 0.3) is 0 Å². The zero-order chi connectivity index (χ0) is 15.3. The van der Waals surface area contributed by atoms with Crippen LogP contribution in [-0.2, 0) is 0 Å². The van der Waals surface area contributed by atoms with Crippen molar-refractivity contribution in [2.24, 2.45) is 0 Å². The second kappa shape index (κ2) is 5.09. The number of halogens is 4. The van der Waals surface area contributed by atoms with Gasteiger partial charge in [0.15, 0.2) is 10.6 Å². The minimum absolute atomic E-state index is 0.104. The first kappa shape index (κ1) is 14.5. The van der Waals surface area contributed by atoms with Crippen LogP contribution in [0.5, 0.6) is 0 Å². The molecule has 0 aliphatic rings. The van der Waals surface area contributed by atoms with Gasteiger partial charge in [0.1, 0.15) is 5.82 Å². The predicted octanol–water partition coefficient (Wildman–Crippen LogP) is 5.58. The van der Waals surface area contributed by atoms with Crippen molar-refractivity contribution < 1.29 is 8.78 Å². The third-order valence-electron chi connectivity index (χ3n) is 3.19. The van der Waals surface area contributed by atoms with Crippen LogP contribution >= 0.6 is 35.4 Å². The predicted molar refractivity (Wildman–Crippen MR) is 83.1 cm³/mol. The number of aromatic amines is 1. The smallest absolute Gasteiger partial charge is 0.182 e. The summed E-state index contributed by atoms with van der Waals surface area (Å²) in [6.45, 7) is 1.65. The molecule has 2 nitrogen and oxygen atoms in total. The highest BCUT2D eigenvalue weighted by molar-refractivity contribution is 7.71. The Hall–Kier alpha value is -1.43. The van der Waals surface area contributed by atoms with Crippen LogP contribution in [0.15, 0.2) is 24.3 Å². The highest BCUT2D eigenvalue weighted by Crippen LogP contribution is 2.29. The fraction of sp³-hybridized carbons (Fsp3) is 0.0714. The van der Waals surface area contributed by atoms with Crippen LogP contribution in [0.25, 0.3) is 16.7 Å². The number of fused-ring (bicyclic) bond motifs is 1. The Morgan fingerprint density at radius 2 is 1.71 bits per heavy atom. The first-order valence-electron chi connectivity index (χ1n) is 5.94. The largest absolute Gasteiger partial charge is 0.330 e. The number of nitrogens with one attached hydrogen (secondary N) is 1. The molecule has 1 heterocycles. The van der Waals surface area contributed by atoms with Gasteiger partial charge in [0.05, 0.1) is 26.8 Å². The number of imidazole rings is 1. The van der Waals surface area contributed by atoms with E-state index >= 15 is 0 Å². The molecule has 108 valence electrons. The summed E-state index contributed by atoms with van der Waals surface area (Å²) in [6.07, 6.45) is 0. The lowest BCUT2D eigenvalue weighted by Crippen LogP contribution is -1.96. The van der Waals surface area contributed by atoms with Crippen molar-refractivity contribution in [3.05, 3.63) is 56.3 Å². The molecule has 7 heteroatoms. The van der Waals surface area contributed by atoms with Crippen molar-refractivity contribution in [2.75, 3.05) is 0 Å². The molecule has 1 aromatic heterocycles. The first-order chi connectivity index (χ1) is 9.88. The van der Waals surface area contributed by atoms with Gasteiger partial charge in [-0.1, -0.05) is 23.2 Å². The number of rotatable bonds is 1. The summed E-state index contributed by atoms with van der Waals surface area (Å²) in [7, 11) is 0. The summed E-state index contributed by atoms with van der Waals surface area (Å²) >= 11 is 16.9. The SMILES string of the molecule is Cc1cc2c(cc1F)[nH]c(=S)n2-c1cc(Cl)c(F)c(Cl)c1. The average Bonchev–Trinajstić information content (AvgIpc) is 2.71. The molecule has 0 aliphatic heterocycles. The number of hydrogen-bond donors (Lipinski definition) is 1. The summed E-state index contributed by atoms with van der Waals surface area (Å²) in [4.78, 5) is 2.90. The van der Waals surface area contributed by atoms with Gasteiger partial charge in [-0.05, 0) is 49.0 Å². The zero-order valence-electron chi connectivity index (χ0n) is 10.7. The lowest BCUT2D eigenvalue weighted by molar-refractivity contribution is 0.620. The highest BCUT2D eigenvalue weighted by atomic mass is 35.5. The van der Waals surface area contributed by atoms with Crippen molar-refractivity contribution in [1.82, 2.24) is 9.55 Å². The Labute approximate surface area is 133 Å². The molecule has 0 atom stereocenters. The quantitative estimate of drug-likeness (QED) is 0.451. The Balaban J connectivity index is 2.37. The standard InChI is InChI=1S/C14H8Cl2F2N2S/c1-6-2-12-11(5-10(6)17)19-14(21)20(12)7-3-8(15)13(18)9(16)4-7/h2-5H,1H3,(H,19,21). The monoisotopic (exact) mass is 344 g/mol. The molecule has 0 spiro atoms. The van der Waals surface area contributed by atoms with Crippen LogP contribution in [-0.4, -0.2) is 9.55 Å². The van der Waals surface area contributed by atoms with Crippen molar-refractivity contribution >= 4 is 46.5 Å². The molecule has 0 unspecified atom stereocenters. The van der Waals surface area contributed by atoms with E-state index in [0.29, 0.717) is 27.1 Å². The third kappa shape index (κ3) is 2.35. The fourth-order valence-corrected chi connectivity index (χ4v) is 2.95. The number of aryl methyl sites for hydroxylation is 1. The molecule has 0 fully saturated rings. The molecule has 1 N–H and O–H groups in total. The van der Waals surface area contributed by atoms with E-state index in [-0.39, 0.29) is 15.9 Å². The molecule has 21 heavy (non-hydrogen) atoms. The van der Waals surface area contributed by atoms with Crippen molar-refractivity contribution in [3.63, 3.8) is 0 Å². The van der Waals surface area contributed by atoms with Crippen molar-refractivity contribution in [2.45, 2.75) is 6.92 Å². The van der Waals surface area contributed by atoms with Gasteiger partial charge >= 0.3 is 0 Å². The Kier molecular flexibility index (Phi) is 3.51.